The second-order valence-corrected chi connectivity index (χ2v) is 8.98. The van der Waals surface area contributed by atoms with E-state index in [1.165, 1.54) is 18.3 Å². The zero-order chi connectivity index (χ0) is 25.8. The van der Waals surface area contributed by atoms with E-state index in [0.29, 0.717) is 34.4 Å². The van der Waals surface area contributed by atoms with Crippen molar-refractivity contribution in [2.45, 2.75) is 0 Å². The second kappa shape index (κ2) is 10.9. The first-order chi connectivity index (χ1) is 17.9. The summed E-state index contributed by atoms with van der Waals surface area (Å²) in [6.07, 6.45) is 1.53. The molecule has 4 aromatic rings. The maximum atomic E-state index is 13.8. The molecule has 0 atom stereocenters. The number of hydrogen-bond acceptors (Lipinski definition) is 8. The number of para-hydroxylation sites is 1. The number of anilines is 4. The lowest BCUT2D eigenvalue weighted by Gasteiger charge is -2.32. The van der Waals surface area contributed by atoms with E-state index in [4.69, 9.17) is 11.6 Å². The lowest BCUT2D eigenvalue weighted by Crippen LogP contribution is -2.45. The van der Waals surface area contributed by atoms with Crippen LogP contribution in [-0.4, -0.2) is 64.0 Å². The quantitative estimate of drug-likeness (QED) is 0.385. The van der Waals surface area contributed by atoms with Crippen LogP contribution < -0.4 is 15.5 Å². The second-order valence-electron chi connectivity index (χ2n) is 8.58. The molecule has 9 nitrogen and oxygen atoms in total. The topological polar surface area (TPSA) is 99.2 Å². The number of amides is 1. The van der Waals surface area contributed by atoms with Crippen LogP contribution in [0, 0.1) is 5.82 Å². The van der Waals surface area contributed by atoms with Gasteiger partial charge in [-0.3, -0.25) is 4.79 Å². The summed E-state index contributed by atoms with van der Waals surface area (Å²) in [6.45, 7) is 3.23. The standard InChI is InChI=1S/C26H24ClFN8O/c1-35-11-13-36(14-12-35)26-33-23(17-7-8-21(28)20(27)15-17)32-25(34-26)31-22-16-18(9-10-29-22)24(37)30-19-5-3-2-4-6-19/h2-10,15-16H,11-14H2,1H3,(H,30,37)(H,29,31,32,33,34). The van der Waals surface area contributed by atoms with Crippen molar-refractivity contribution in [3.8, 4) is 11.4 Å². The Labute approximate surface area is 218 Å². The van der Waals surface area contributed by atoms with E-state index in [0.717, 1.165) is 26.2 Å². The number of likely N-dealkylation sites (N-methyl/N-ethyl adjacent to an activating group) is 1. The summed E-state index contributed by atoms with van der Waals surface area (Å²) < 4.78 is 13.8. The zero-order valence-electron chi connectivity index (χ0n) is 20.0. The van der Waals surface area contributed by atoms with Gasteiger partial charge in [-0.05, 0) is 49.5 Å². The van der Waals surface area contributed by atoms with Crippen molar-refractivity contribution in [1.29, 1.82) is 0 Å². The third-order valence-electron chi connectivity index (χ3n) is 5.88. The summed E-state index contributed by atoms with van der Waals surface area (Å²) in [5.41, 5.74) is 1.66. The average molecular weight is 519 g/mol. The van der Waals surface area contributed by atoms with Crippen LogP contribution in [0.4, 0.5) is 27.8 Å². The van der Waals surface area contributed by atoms with Gasteiger partial charge in [-0.15, -0.1) is 0 Å². The van der Waals surface area contributed by atoms with Gasteiger partial charge in [0, 0.05) is 49.2 Å². The number of nitrogens with zero attached hydrogens (tertiary/aromatic N) is 6. The first-order valence-electron chi connectivity index (χ1n) is 11.7. The maximum absolute atomic E-state index is 13.8. The molecule has 0 saturated carbocycles. The molecular weight excluding hydrogens is 495 g/mol. The molecule has 2 aromatic heterocycles. The molecule has 5 rings (SSSR count). The van der Waals surface area contributed by atoms with Crippen LogP contribution in [0.1, 0.15) is 10.4 Å². The van der Waals surface area contributed by atoms with Crippen LogP contribution in [-0.2, 0) is 0 Å². The van der Waals surface area contributed by atoms with Crippen molar-refractivity contribution < 1.29 is 9.18 Å². The number of pyridine rings is 1. The highest BCUT2D eigenvalue weighted by Gasteiger charge is 2.20. The lowest BCUT2D eigenvalue weighted by molar-refractivity contribution is 0.102. The van der Waals surface area contributed by atoms with E-state index in [-0.39, 0.29) is 16.9 Å². The Balaban J connectivity index is 1.44. The number of carbonyl (C=O) groups excluding carboxylic acids is 1. The Morgan fingerprint density at radius 1 is 0.973 bits per heavy atom. The van der Waals surface area contributed by atoms with Gasteiger partial charge in [0.25, 0.3) is 5.91 Å². The van der Waals surface area contributed by atoms with Crippen LogP contribution in [0.25, 0.3) is 11.4 Å². The van der Waals surface area contributed by atoms with E-state index >= 15 is 0 Å². The summed E-state index contributed by atoms with van der Waals surface area (Å²) in [7, 11) is 2.07. The Bertz CT molecular complexity index is 1410. The maximum Gasteiger partial charge on any atom is 0.255 e. The van der Waals surface area contributed by atoms with Crippen molar-refractivity contribution in [2.24, 2.45) is 0 Å². The minimum absolute atomic E-state index is 0.0210. The predicted octanol–water partition coefficient (Wildman–Crippen LogP) is 4.47. The molecule has 37 heavy (non-hydrogen) atoms. The number of carbonyl (C=O) groups is 1. The van der Waals surface area contributed by atoms with Gasteiger partial charge in [0.15, 0.2) is 5.82 Å². The number of halogens is 2. The van der Waals surface area contributed by atoms with E-state index < -0.39 is 5.82 Å². The van der Waals surface area contributed by atoms with Crippen molar-refractivity contribution in [3.63, 3.8) is 0 Å². The predicted molar refractivity (Wildman–Crippen MR) is 142 cm³/mol. The number of rotatable bonds is 6. The normalized spacial score (nSPS) is 13.9. The monoisotopic (exact) mass is 518 g/mol. The Morgan fingerprint density at radius 3 is 2.51 bits per heavy atom. The molecule has 3 heterocycles. The molecule has 1 amide bonds. The third kappa shape index (κ3) is 5.99. The summed E-state index contributed by atoms with van der Waals surface area (Å²) >= 11 is 6.02. The number of benzene rings is 2. The highest BCUT2D eigenvalue weighted by Crippen LogP contribution is 2.26. The van der Waals surface area contributed by atoms with Gasteiger partial charge in [0.2, 0.25) is 11.9 Å². The molecule has 1 saturated heterocycles. The fourth-order valence-corrected chi connectivity index (χ4v) is 3.99. The molecular formula is C26H24ClFN8O. The van der Waals surface area contributed by atoms with Crippen molar-refractivity contribution in [2.75, 3.05) is 48.8 Å². The smallest absolute Gasteiger partial charge is 0.255 e. The van der Waals surface area contributed by atoms with Gasteiger partial charge in [-0.1, -0.05) is 29.8 Å². The number of piperazine rings is 1. The summed E-state index contributed by atoms with van der Waals surface area (Å²) in [6, 6.07) is 16.8. The van der Waals surface area contributed by atoms with Crippen molar-refractivity contribution >= 4 is 40.9 Å². The fraction of sp³-hybridized carbons (Fsp3) is 0.192. The Hall–Kier alpha value is -4.15. The molecule has 0 aliphatic carbocycles. The molecule has 1 aliphatic rings. The van der Waals surface area contributed by atoms with Crippen molar-refractivity contribution in [1.82, 2.24) is 24.8 Å². The highest BCUT2D eigenvalue weighted by molar-refractivity contribution is 6.31. The molecule has 188 valence electrons. The van der Waals surface area contributed by atoms with Gasteiger partial charge in [0.1, 0.15) is 11.6 Å². The van der Waals surface area contributed by atoms with Crippen LogP contribution in [0.5, 0.6) is 0 Å². The molecule has 0 bridgehead atoms. The third-order valence-corrected chi connectivity index (χ3v) is 6.17. The fourth-order valence-electron chi connectivity index (χ4n) is 3.81. The van der Waals surface area contributed by atoms with Gasteiger partial charge < -0.3 is 20.4 Å². The number of aromatic nitrogens is 4. The SMILES string of the molecule is CN1CCN(c2nc(Nc3cc(C(=O)Nc4ccccc4)ccn3)nc(-c3ccc(F)c(Cl)c3)n2)CC1. The number of hydrogen-bond donors (Lipinski definition) is 2. The molecule has 11 heteroatoms. The van der Waals surface area contributed by atoms with E-state index in [1.807, 2.05) is 30.3 Å². The average Bonchev–Trinajstić information content (AvgIpc) is 2.91. The van der Waals surface area contributed by atoms with Gasteiger partial charge in [-0.2, -0.15) is 15.0 Å². The summed E-state index contributed by atoms with van der Waals surface area (Å²) in [5.74, 6) is 0.663. The van der Waals surface area contributed by atoms with Crippen molar-refractivity contribution in [3.05, 3.63) is 83.3 Å². The lowest BCUT2D eigenvalue weighted by atomic mass is 10.2. The molecule has 0 spiro atoms. The van der Waals surface area contributed by atoms with E-state index in [2.05, 4.69) is 47.4 Å². The minimum Gasteiger partial charge on any atom is -0.338 e. The van der Waals surface area contributed by atoms with Gasteiger partial charge in [-0.25, -0.2) is 9.37 Å². The molecule has 2 N–H and O–H groups in total. The molecule has 2 aromatic carbocycles. The minimum atomic E-state index is -0.521. The number of nitrogens with one attached hydrogen (secondary N) is 2. The highest BCUT2D eigenvalue weighted by atomic mass is 35.5. The molecule has 1 fully saturated rings. The summed E-state index contributed by atoms with van der Waals surface area (Å²) in [4.78, 5) is 35.1. The first kappa shape index (κ1) is 24.5. The van der Waals surface area contributed by atoms with Crippen LogP contribution in [0.3, 0.4) is 0 Å². The molecule has 0 radical (unpaired) electrons. The summed E-state index contributed by atoms with van der Waals surface area (Å²) in [5, 5.41) is 5.92. The Morgan fingerprint density at radius 2 is 1.76 bits per heavy atom. The van der Waals surface area contributed by atoms with Crippen LogP contribution >= 0.6 is 11.6 Å². The van der Waals surface area contributed by atoms with Gasteiger partial charge in [0.05, 0.1) is 5.02 Å². The first-order valence-corrected chi connectivity index (χ1v) is 12.1. The Kier molecular flexibility index (Phi) is 7.20. The van der Waals surface area contributed by atoms with E-state index in [1.54, 1.807) is 18.2 Å². The van der Waals surface area contributed by atoms with Gasteiger partial charge >= 0.3 is 0 Å². The van der Waals surface area contributed by atoms with E-state index in [9.17, 15) is 9.18 Å². The van der Waals surface area contributed by atoms with Crippen LogP contribution in [0.2, 0.25) is 5.02 Å². The zero-order valence-corrected chi connectivity index (χ0v) is 20.8. The molecule has 1 aliphatic heterocycles. The largest absolute Gasteiger partial charge is 0.338 e. The molecule has 0 unspecified atom stereocenters. The van der Waals surface area contributed by atoms with Crippen LogP contribution in [0.15, 0.2) is 66.9 Å².